The number of aromatic nitrogens is 1. The molecule has 1 aromatic carbocycles. The second kappa shape index (κ2) is 8.79. The number of benzene rings is 1. The lowest BCUT2D eigenvalue weighted by molar-refractivity contribution is 0.0277. The summed E-state index contributed by atoms with van der Waals surface area (Å²) >= 11 is 6.28. The summed E-state index contributed by atoms with van der Waals surface area (Å²) in [5.41, 5.74) is 2.09. The van der Waals surface area contributed by atoms with Crippen molar-refractivity contribution in [2.45, 2.75) is 6.10 Å². The zero-order chi connectivity index (χ0) is 16.9. The highest BCUT2D eigenvalue weighted by molar-refractivity contribution is 6.34. The lowest BCUT2D eigenvalue weighted by atomic mass is 10.1. The fourth-order valence-electron chi connectivity index (χ4n) is 2.40. The number of ether oxygens (including phenoxy) is 1. The van der Waals surface area contributed by atoms with Gasteiger partial charge in [0.15, 0.2) is 0 Å². The molecule has 8 heteroatoms. The Hall–Kier alpha value is -2.17. The summed E-state index contributed by atoms with van der Waals surface area (Å²) in [5.74, 6) is -0.336. The average Bonchev–Trinajstić information content (AvgIpc) is 2.64. The quantitative estimate of drug-likeness (QED) is 0.856. The van der Waals surface area contributed by atoms with Crippen molar-refractivity contribution in [1.82, 2.24) is 10.3 Å². The van der Waals surface area contributed by atoms with Gasteiger partial charge in [-0.1, -0.05) is 17.7 Å². The van der Waals surface area contributed by atoms with Gasteiger partial charge in [-0.15, -0.1) is 12.4 Å². The number of amides is 1. The Kier molecular flexibility index (Phi) is 6.73. The number of anilines is 1. The Balaban J connectivity index is 0.00000225. The highest BCUT2D eigenvalue weighted by Gasteiger charge is 2.17. The van der Waals surface area contributed by atoms with Gasteiger partial charge in [0.2, 0.25) is 0 Å². The van der Waals surface area contributed by atoms with Crippen molar-refractivity contribution in [2.24, 2.45) is 0 Å². The maximum Gasteiger partial charge on any atom is 0.257 e. The number of nitriles is 1. The van der Waals surface area contributed by atoms with E-state index in [9.17, 15) is 4.79 Å². The number of morpholine rings is 1. The zero-order valence-corrected chi connectivity index (χ0v) is 14.7. The van der Waals surface area contributed by atoms with Crippen molar-refractivity contribution >= 4 is 35.6 Å². The smallest absolute Gasteiger partial charge is 0.257 e. The number of carbonyl (C=O) groups excluding carboxylic acids is 1. The predicted molar refractivity (Wildman–Crippen MR) is 97.2 cm³/mol. The largest absolute Gasteiger partial charge is 0.371 e. The maximum absolute atomic E-state index is 12.2. The van der Waals surface area contributed by atoms with Gasteiger partial charge in [-0.2, -0.15) is 5.26 Å². The Morgan fingerprint density at radius 1 is 1.40 bits per heavy atom. The van der Waals surface area contributed by atoms with Crippen LogP contribution in [0.15, 0.2) is 36.5 Å². The molecular weight excluding hydrogens is 363 g/mol. The van der Waals surface area contributed by atoms with Crippen LogP contribution in [0.5, 0.6) is 0 Å². The van der Waals surface area contributed by atoms with Crippen LogP contribution < -0.4 is 10.6 Å². The van der Waals surface area contributed by atoms with Gasteiger partial charge < -0.3 is 15.4 Å². The van der Waals surface area contributed by atoms with Crippen molar-refractivity contribution in [1.29, 1.82) is 5.26 Å². The molecule has 0 spiro atoms. The van der Waals surface area contributed by atoms with Crippen molar-refractivity contribution in [2.75, 3.05) is 25.0 Å². The summed E-state index contributed by atoms with van der Waals surface area (Å²) in [6.07, 6.45) is 1.32. The molecule has 0 aliphatic carbocycles. The van der Waals surface area contributed by atoms with E-state index in [4.69, 9.17) is 21.6 Å². The van der Waals surface area contributed by atoms with Crippen LogP contribution in [0.3, 0.4) is 0 Å². The van der Waals surface area contributed by atoms with Crippen LogP contribution in [0.25, 0.3) is 0 Å². The minimum atomic E-state index is -0.336. The van der Waals surface area contributed by atoms with Crippen molar-refractivity contribution in [3.63, 3.8) is 0 Å². The van der Waals surface area contributed by atoms with Gasteiger partial charge in [-0.05, 0) is 29.8 Å². The van der Waals surface area contributed by atoms with Crippen LogP contribution >= 0.6 is 24.0 Å². The number of pyridine rings is 1. The molecule has 6 nitrogen and oxygen atoms in total. The van der Waals surface area contributed by atoms with Crippen molar-refractivity contribution < 1.29 is 9.53 Å². The van der Waals surface area contributed by atoms with Gasteiger partial charge in [0.05, 0.1) is 29.0 Å². The van der Waals surface area contributed by atoms with E-state index in [0.29, 0.717) is 22.9 Å². The van der Waals surface area contributed by atoms with E-state index >= 15 is 0 Å². The minimum Gasteiger partial charge on any atom is -0.371 e. The first-order valence-electron chi connectivity index (χ1n) is 7.46. The molecule has 1 fully saturated rings. The van der Waals surface area contributed by atoms with E-state index in [1.165, 1.54) is 12.3 Å². The molecule has 1 aliphatic rings. The van der Waals surface area contributed by atoms with Gasteiger partial charge in [0.25, 0.3) is 5.91 Å². The van der Waals surface area contributed by atoms with Crippen molar-refractivity contribution in [3.8, 4) is 6.07 Å². The zero-order valence-electron chi connectivity index (χ0n) is 13.2. The molecule has 130 valence electrons. The lowest BCUT2D eigenvalue weighted by Crippen LogP contribution is -2.33. The minimum absolute atomic E-state index is 0. The number of hydrogen-bond donors (Lipinski definition) is 2. The van der Waals surface area contributed by atoms with Gasteiger partial charge in [-0.3, -0.25) is 4.79 Å². The molecule has 0 unspecified atom stereocenters. The van der Waals surface area contributed by atoms with Crippen LogP contribution in [0.2, 0.25) is 5.02 Å². The van der Waals surface area contributed by atoms with Crippen LogP contribution in [0.1, 0.15) is 27.7 Å². The maximum atomic E-state index is 12.2. The third-order valence-electron chi connectivity index (χ3n) is 3.68. The standard InChI is InChI=1S/C17H15ClN4O2.ClH/c18-14-7-11(16-10-20-5-6-24-16)2-4-15(14)22-17(23)12-1-3-13(8-19)21-9-12;/h1-4,7,9,16,20H,5-6,10H2,(H,22,23);1H/t16-;/m1./s1. The number of nitrogens with zero attached hydrogens (tertiary/aromatic N) is 2. The lowest BCUT2D eigenvalue weighted by Gasteiger charge is -2.24. The normalized spacial score (nSPS) is 16.4. The van der Waals surface area contributed by atoms with Crippen LogP contribution in [-0.2, 0) is 4.74 Å². The number of halogens is 2. The Bertz CT molecular complexity index is 784. The molecule has 1 atom stereocenters. The number of carbonyl (C=O) groups is 1. The van der Waals surface area contributed by atoms with Crippen LogP contribution in [0.4, 0.5) is 5.69 Å². The van der Waals surface area contributed by atoms with E-state index in [0.717, 1.165) is 18.7 Å². The monoisotopic (exact) mass is 378 g/mol. The molecule has 2 aromatic rings. The first-order valence-corrected chi connectivity index (χ1v) is 7.84. The fraction of sp³-hybridized carbons (Fsp3) is 0.235. The number of rotatable bonds is 3. The summed E-state index contributed by atoms with van der Waals surface area (Å²) in [7, 11) is 0. The number of hydrogen-bond acceptors (Lipinski definition) is 5. The summed E-state index contributed by atoms with van der Waals surface area (Å²) < 4.78 is 5.69. The highest BCUT2D eigenvalue weighted by atomic mass is 35.5. The second-order valence-corrected chi connectivity index (χ2v) is 5.71. The third-order valence-corrected chi connectivity index (χ3v) is 3.99. The third kappa shape index (κ3) is 4.68. The summed E-state index contributed by atoms with van der Waals surface area (Å²) in [6, 6.07) is 10.4. The second-order valence-electron chi connectivity index (χ2n) is 5.30. The molecule has 1 saturated heterocycles. The highest BCUT2D eigenvalue weighted by Crippen LogP contribution is 2.28. The van der Waals surface area contributed by atoms with E-state index < -0.39 is 0 Å². The Morgan fingerprint density at radius 3 is 2.84 bits per heavy atom. The molecule has 1 amide bonds. The molecule has 0 radical (unpaired) electrons. The first kappa shape index (κ1) is 19.2. The Labute approximate surface area is 156 Å². The van der Waals surface area contributed by atoms with Crippen LogP contribution in [-0.4, -0.2) is 30.6 Å². The van der Waals surface area contributed by atoms with E-state index in [2.05, 4.69) is 15.6 Å². The topological polar surface area (TPSA) is 87.0 Å². The van der Waals surface area contributed by atoms with Gasteiger partial charge in [0.1, 0.15) is 11.8 Å². The molecule has 2 N–H and O–H groups in total. The molecule has 0 bridgehead atoms. The van der Waals surface area contributed by atoms with E-state index in [1.54, 1.807) is 18.2 Å². The van der Waals surface area contributed by atoms with Gasteiger partial charge in [0, 0.05) is 19.3 Å². The van der Waals surface area contributed by atoms with E-state index in [-0.39, 0.29) is 30.1 Å². The molecular formula is C17H16Cl2N4O2. The predicted octanol–water partition coefficient (Wildman–Crippen LogP) is 2.94. The summed E-state index contributed by atoms with van der Waals surface area (Å²) in [5, 5.41) is 15.2. The van der Waals surface area contributed by atoms with Crippen molar-refractivity contribution in [3.05, 3.63) is 58.4 Å². The molecule has 1 aromatic heterocycles. The fourth-order valence-corrected chi connectivity index (χ4v) is 2.64. The molecule has 2 heterocycles. The number of nitrogens with one attached hydrogen (secondary N) is 2. The summed E-state index contributed by atoms with van der Waals surface area (Å²) in [6.45, 7) is 2.24. The summed E-state index contributed by atoms with van der Waals surface area (Å²) in [4.78, 5) is 16.1. The molecule has 0 saturated carbocycles. The SMILES string of the molecule is Cl.N#Cc1ccc(C(=O)Nc2ccc([C@H]3CNCCO3)cc2Cl)cn1. The molecule has 3 rings (SSSR count). The van der Waals surface area contributed by atoms with E-state index in [1.807, 2.05) is 12.1 Å². The van der Waals surface area contributed by atoms with Gasteiger partial charge >= 0.3 is 0 Å². The van der Waals surface area contributed by atoms with Gasteiger partial charge in [-0.25, -0.2) is 4.98 Å². The molecule has 25 heavy (non-hydrogen) atoms. The average molecular weight is 379 g/mol. The Morgan fingerprint density at radius 2 is 2.24 bits per heavy atom. The first-order chi connectivity index (χ1) is 11.7. The van der Waals surface area contributed by atoms with Crippen LogP contribution in [0, 0.1) is 11.3 Å². The molecule has 1 aliphatic heterocycles.